The second-order valence-corrected chi connectivity index (χ2v) is 4.58. The van der Waals surface area contributed by atoms with Crippen LogP contribution in [-0.4, -0.2) is 22.3 Å². The van der Waals surface area contributed by atoms with E-state index in [-0.39, 0.29) is 5.84 Å². The van der Waals surface area contributed by atoms with Crippen LogP contribution in [-0.2, 0) is 13.0 Å². The molecule has 0 radical (unpaired) electrons. The predicted molar refractivity (Wildman–Crippen MR) is 74.2 cm³/mol. The first-order valence-electron chi connectivity index (χ1n) is 6.23. The van der Waals surface area contributed by atoms with Gasteiger partial charge in [-0.05, 0) is 17.5 Å². The summed E-state index contributed by atoms with van der Waals surface area (Å²) in [5.41, 5.74) is 8.71. The molecule has 0 atom stereocenters. The number of benzene rings is 1. The maximum atomic E-state index is 7.59. The molecular weight excluding hydrogens is 238 g/mol. The van der Waals surface area contributed by atoms with Gasteiger partial charge in [-0.1, -0.05) is 24.3 Å². The Bertz CT molecular complexity index is 623. The number of hydrogen-bond acceptors (Lipinski definition) is 4. The zero-order valence-electron chi connectivity index (χ0n) is 10.5. The third kappa shape index (κ3) is 2.14. The van der Waals surface area contributed by atoms with Gasteiger partial charge in [0.15, 0.2) is 5.82 Å². The number of rotatable bonds is 2. The topological polar surface area (TPSA) is 78.9 Å². The molecule has 1 aliphatic rings. The Hall–Kier alpha value is -2.43. The first-order chi connectivity index (χ1) is 9.25. The van der Waals surface area contributed by atoms with Crippen molar-refractivity contribution in [2.45, 2.75) is 13.0 Å². The Morgan fingerprint density at radius 2 is 1.89 bits per heavy atom. The number of nitrogens with one attached hydrogen (secondary N) is 1. The van der Waals surface area contributed by atoms with Crippen molar-refractivity contribution >= 4 is 11.7 Å². The van der Waals surface area contributed by atoms with Crippen LogP contribution in [0.2, 0.25) is 0 Å². The number of nitrogen functional groups attached to an aromatic ring is 1. The lowest BCUT2D eigenvalue weighted by Crippen LogP contribution is -2.33. The van der Waals surface area contributed by atoms with Crippen molar-refractivity contribution < 1.29 is 0 Å². The molecule has 5 nitrogen and oxygen atoms in total. The zero-order valence-corrected chi connectivity index (χ0v) is 10.5. The van der Waals surface area contributed by atoms with Crippen molar-refractivity contribution in [2.75, 3.05) is 11.4 Å². The molecule has 2 heterocycles. The molecule has 3 N–H and O–H groups in total. The first kappa shape index (κ1) is 11.6. The van der Waals surface area contributed by atoms with Gasteiger partial charge in [0.25, 0.3) is 0 Å². The maximum Gasteiger partial charge on any atom is 0.158 e. The Kier molecular flexibility index (Phi) is 2.87. The Labute approximate surface area is 111 Å². The summed E-state index contributed by atoms with van der Waals surface area (Å²) in [4.78, 5) is 10.6. The van der Waals surface area contributed by atoms with Crippen LogP contribution in [0, 0.1) is 5.41 Å². The van der Waals surface area contributed by atoms with E-state index in [2.05, 4.69) is 33.1 Å². The van der Waals surface area contributed by atoms with Gasteiger partial charge in [-0.15, -0.1) is 0 Å². The number of fused-ring (bicyclic) bond motifs is 1. The fourth-order valence-electron chi connectivity index (χ4n) is 2.43. The van der Waals surface area contributed by atoms with E-state index < -0.39 is 0 Å². The molecule has 0 amide bonds. The summed E-state index contributed by atoms with van der Waals surface area (Å²) < 4.78 is 0. The molecule has 1 aromatic heterocycles. The summed E-state index contributed by atoms with van der Waals surface area (Å²) in [5, 5.41) is 7.59. The Morgan fingerprint density at radius 1 is 1.16 bits per heavy atom. The van der Waals surface area contributed by atoms with Crippen LogP contribution in [0.25, 0.3) is 0 Å². The van der Waals surface area contributed by atoms with Gasteiger partial charge >= 0.3 is 0 Å². The normalized spacial score (nSPS) is 14.0. The lowest BCUT2D eigenvalue weighted by Gasteiger charge is -2.30. The standard InChI is InChI=1S/C14H15N5/c15-13(16)12-14(18-7-6-17-12)19-8-5-10-3-1-2-4-11(10)9-19/h1-4,6-7H,5,8-9H2,(H3,15,16). The van der Waals surface area contributed by atoms with Crippen LogP contribution < -0.4 is 10.6 Å². The summed E-state index contributed by atoms with van der Waals surface area (Å²) in [7, 11) is 0. The highest BCUT2D eigenvalue weighted by Crippen LogP contribution is 2.24. The Balaban J connectivity index is 1.95. The number of hydrogen-bond donors (Lipinski definition) is 2. The van der Waals surface area contributed by atoms with E-state index in [4.69, 9.17) is 11.1 Å². The van der Waals surface area contributed by atoms with Gasteiger partial charge in [-0.3, -0.25) is 5.41 Å². The minimum Gasteiger partial charge on any atom is -0.382 e. The van der Waals surface area contributed by atoms with Crippen molar-refractivity contribution in [3.63, 3.8) is 0 Å². The molecule has 1 aliphatic heterocycles. The van der Waals surface area contributed by atoms with E-state index in [1.165, 1.54) is 11.1 Å². The minimum atomic E-state index is -0.0399. The molecule has 0 bridgehead atoms. The zero-order chi connectivity index (χ0) is 13.2. The number of anilines is 1. The molecule has 2 aromatic rings. The van der Waals surface area contributed by atoms with Gasteiger partial charge in [-0.2, -0.15) is 0 Å². The van der Waals surface area contributed by atoms with Crippen molar-refractivity contribution in [1.29, 1.82) is 5.41 Å². The van der Waals surface area contributed by atoms with Gasteiger partial charge in [-0.25, -0.2) is 9.97 Å². The molecule has 0 aliphatic carbocycles. The van der Waals surface area contributed by atoms with Crippen LogP contribution in [0.15, 0.2) is 36.7 Å². The predicted octanol–water partition coefficient (Wildman–Crippen LogP) is 1.32. The van der Waals surface area contributed by atoms with E-state index in [1.807, 2.05) is 6.07 Å². The van der Waals surface area contributed by atoms with E-state index in [0.29, 0.717) is 11.5 Å². The van der Waals surface area contributed by atoms with Crippen LogP contribution in [0.5, 0.6) is 0 Å². The average molecular weight is 253 g/mol. The van der Waals surface area contributed by atoms with Crippen LogP contribution >= 0.6 is 0 Å². The first-order valence-corrected chi connectivity index (χ1v) is 6.23. The van der Waals surface area contributed by atoms with E-state index >= 15 is 0 Å². The Morgan fingerprint density at radius 3 is 2.68 bits per heavy atom. The van der Waals surface area contributed by atoms with Gasteiger partial charge < -0.3 is 10.6 Å². The van der Waals surface area contributed by atoms with E-state index in [1.54, 1.807) is 12.4 Å². The highest BCUT2D eigenvalue weighted by Gasteiger charge is 2.20. The minimum absolute atomic E-state index is 0.0399. The quantitative estimate of drug-likeness (QED) is 0.625. The lowest BCUT2D eigenvalue weighted by atomic mass is 10.00. The second-order valence-electron chi connectivity index (χ2n) is 4.58. The highest BCUT2D eigenvalue weighted by molar-refractivity contribution is 5.97. The number of nitrogens with zero attached hydrogens (tertiary/aromatic N) is 3. The molecule has 0 saturated heterocycles. The molecule has 5 heteroatoms. The number of nitrogens with two attached hydrogens (primary N) is 1. The van der Waals surface area contributed by atoms with Crippen LogP contribution in [0.4, 0.5) is 5.82 Å². The molecule has 0 spiro atoms. The third-order valence-electron chi connectivity index (χ3n) is 3.36. The monoisotopic (exact) mass is 253 g/mol. The molecule has 0 unspecified atom stereocenters. The van der Waals surface area contributed by atoms with Gasteiger partial charge in [0.1, 0.15) is 11.5 Å². The summed E-state index contributed by atoms with van der Waals surface area (Å²) in [5.74, 6) is 0.659. The smallest absolute Gasteiger partial charge is 0.158 e. The molecular formula is C14H15N5. The fourth-order valence-corrected chi connectivity index (χ4v) is 2.43. The van der Waals surface area contributed by atoms with Crippen molar-refractivity contribution in [3.05, 3.63) is 53.5 Å². The molecule has 0 fully saturated rings. The maximum absolute atomic E-state index is 7.59. The SMILES string of the molecule is N=C(N)c1nccnc1N1CCc2ccccc2C1. The second kappa shape index (κ2) is 4.68. The average Bonchev–Trinajstić information content (AvgIpc) is 2.46. The van der Waals surface area contributed by atoms with Gasteiger partial charge in [0, 0.05) is 25.5 Å². The van der Waals surface area contributed by atoms with Crippen LogP contribution in [0.1, 0.15) is 16.8 Å². The summed E-state index contributed by atoms with van der Waals surface area (Å²) in [6.07, 6.45) is 4.19. The van der Waals surface area contributed by atoms with Crippen molar-refractivity contribution in [2.24, 2.45) is 5.73 Å². The van der Waals surface area contributed by atoms with Crippen molar-refractivity contribution in [3.8, 4) is 0 Å². The summed E-state index contributed by atoms with van der Waals surface area (Å²) >= 11 is 0. The molecule has 19 heavy (non-hydrogen) atoms. The summed E-state index contributed by atoms with van der Waals surface area (Å²) in [6.45, 7) is 1.66. The molecule has 96 valence electrons. The number of aromatic nitrogens is 2. The van der Waals surface area contributed by atoms with E-state index in [9.17, 15) is 0 Å². The van der Waals surface area contributed by atoms with E-state index in [0.717, 1.165) is 19.5 Å². The van der Waals surface area contributed by atoms with Crippen LogP contribution in [0.3, 0.4) is 0 Å². The highest BCUT2D eigenvalue weighted by atomic mass is 15.2. The lowest BCUT2D eigenvalue weighted by molar-refractivity contribution is 0.717. The molecule has 3 rings (SSSR count). The third-order valence-corrected chi connectivity index (χ3v) is 3.36. The van der Waals surface area contributed by atoms with Gasteiger partial charge in [0.2, 0.25) is 0 Å². The fraction of sp³-hybridized carbons (Fsp3) is 0.214. The van der Waals surface area contributed by atoms with Gasteiger partial charge in [0.05, 0.1) is 0 Å². The molecule has 1 aromatic carbocycles. The molecule has 0 saturated carbocycles. The van der Waals surface area contributed by atoms with Crippen molar-refractivity contribution in [1.82, 2.24) is 9.97 Å². The number of amidine groups is 1. The largest absolute Gasteiger partial charge is 0.382 e. The summed E-state index contributed by atoms with van der Waals surface area (Å²) in [6, 6.07) is 8.41.